The summed E-state index contributed by atoms with van der Waals surface area (Å²) in [7, 11) is 0. The Bertz CT molecular complexity index is 1060. The molecule has 0 radical (unpaired) electrons. The molecule has 0 bridgehead atoms. The molecular formula is C19H15ClFN3O3. The molecule has 0 saturated carbocycles. The summed E-state index contributed by atoms with van der Waals surface area (Å²) in [5.41, 5.74) is 6.11. The number of carbonyl (C=O) groups is 1. The zero-order valence-corrected chi connectivity index (χ0v) is 15.0. The van der Waals surface area contributed by atoms with Crippen molar-refractivity contribution in [2.45, 2.75) is 13.5 Å². The highest BCUT2D eigenvalue weighted by atomic mass is 35.5. The highest BCUT2D eigenvalue weighted by molar-refractivity contribution is 6.30. The number of rotatable bonds is 5. The van der Waals surface area contributed by atoms with Gasteiger partial charge in [0.2, 0.25) is 0 Å². The Morgan fingerprint density at radius 3 is 2.56 bits per heavy atom. The molecule has 0 unspecified atom stereocenters. The van der Waals surface area contributed by atoms with Gasteiger partial charge in [0.25, 0.3) is 11.5 Å². The Morgan fingerprint density at radius 1 is 1.22 bits per heavy atom. The summed E-state index contributed by atoms with van der Waals surface area (Å²) in [6, 6.07) is 9.88. The third-order valence-corrected chi connectivity index (χ3v) is 4.16. The third-order valence-electron chi connectivity index (χ3n) is 3.87. The minimum Gasteiger partial charge on any atom is -0.456 e. The van der Waals surface area contributed by atoms with Gasteiger partial charge < -0.3 is 15.0 Å². The summed E-state index contributed by atoms with van der Waals surface area (Å²) >= 11 is 5.73. The molecule has 0 fully saturated rings. The standard InChI is InChI=1S/C19H15ClFN3O3/c1-2-24-17(25)8-5-13(19(22)26)18(24)16-7-4-12(10-23-16)27-11-3-6-15(21)14(20)9-11/h3-10H,2H2,1H3,(H2,22,26). The van der Waals surface area contributed by atoms with Gasteiger partial charge in [0.05, 0.1) is 28.2 Å². The second-order valence-electron chi connectivity index (χ2n) is 5.60. The first-order valence-electron chi connectivity index (χ1n) is 8.03. The Hall–Kier alpha value is -3.19. The first-order chi connectivity index (χ1) is 12.9. The van der Waals surface area contributed by atoms with E-state index in [2.05, 4.69) is 4.98 Å². The Labute approximate surface area is 159 Å². The van der Waals surface area contributed by atoms with Crippen LogP contribution >= 0.6 is 11.6 Å². The van der Waals surface area contributed by atoms with E-state index >= 15 is 0 Å². The molecule has 0 aliphatic rings. The van der Waals surface area contributed by atoms with Crippen LogP contribution in [-0.2, 0) is 6.54 Å². The maximum absolute atomic E-state index is 13.2. The van der Waals surface area contributed by atoms with Gasteiger partial charge in [-0.3, -0.25) is 14.6 Å². The van der Waals surface area contributed by atoms with Gasteiger partial charge in [-0.25, -0.2) is 4.39 Å². The SMILES string of the molecule is CCn1c(-c2ccc(Oc3ccc(F)c(Cl)c3)cn2)c(C(N)=O)ccc1=O. The number of hydrogen-bond acceptors (Lipinski definition) is 4. The molecule has 0 atom stereocenters. The lowest BCUT2D eigenvalue weighted by molar-refractivity contribution is 0.1000. The zero-order chi connectivity index (χ0) is 19.6. The molecule has 2 aromatic heterocycles. The summed E-state index contributed by atoms with van der Waals surface area (Å²) in [4.78, 5) is 28.1. The van der Waals surface area contributed by atoms with Crippen LogP contribution in [0.2, 0.25) is 5.02 Å². The van der Waals surface area contributed by atoms with Crippen LogP contribution in [0.25, 0.3) is 11.4 Å². The number of hydrogen-bond donors (Lipinski definition) is 1. The van der Waals surface area contributed by atoms with Crippen molar-refractivity contribution in [3.63, 3.8) is 0 Å². The molecule has 3 aromatic rings. The highest BCUT2D eigenvalue weighted by Crippen LogP contribution is 2.27. The van der Waals surface area contributed by atoms with E-state index in [1.807, 2.05) is 0 Å². The molecule has 0 saturated heterocycles. The lowest BCUT2D eigenvalue weighted by Crippen LogP contribution is -2.25. The topological polar surface area (TPSA) is 87.2 Å². The third kappa shape index (κ3) is 3.83. The molecule has 138 valence electrons. The van der Waals surface area contributed by atoms with Gasteiger partial charge in [0.15, 0.2) is 0 Å². The number of halogens is 2. The largest absolute Gasteiger partial charge is 0.456 e. The number of aromatic nitrogens is 2. The van der Waals surface area contributed by atoms with E-state index in [0.717, 1.165) is 0 Å². The Kier molecular flexibility index (Phi) is 5.23. The van der Waals surface area contributed by atoms with Gasteiger partial charge in [-0.05, 0) is 37.3 Å². The van der Waals surface area contributed by atoms with Crippen molar-refractivity contribution in [2.24, 2.45) is 5.73 Å². The molecule has 2 heterocycles. The second-order valence-corrected chi connectivity index (χ2v) is 6.01. The van der Waals surface area contributed by atoms with Crippen LogP contribution in [0.4, 0.5) is 4.39 Å². The summed E-state index contributed by atoms with van der Waals surface area (Å²) in [5.74, 6) is -0.476. The van der Waals surface area contributed by atoms with Crippen LogP contribution in [0.1, 0.15) is 17.3 Å². The van der Waals surface area contributed by atoms with Gasteiger partial charge in [-0.2, -0.15) is 0 Å². The lowest BCUT2D eigenvalue weighted by atomic mass is 10.1. The average molecular weight is 388 g/mol. The van der Waals surface area contributed by atoms with Gasteiger partial charge in [-0.1, -0.05) is 11.6 Å². The minimum absolute atomic E-state index is 0.0561. The van der Waals surface area contributed by atoms with Crippen LogP contribution in [0.3, 0.4) is 0 Å². The number of amides is 1. The molecule has 2 N–H and O–H groups in total. The molecule has 1 amide bonds. The van der Waals surface area contributed by atoms with E-state index in [9.17, 15) is 14.0 Å². The van der Waals surface area contributed by atoms with Crippen LogP contribution < -0.4 is 16.0 Å². The van der Waals surface area contributed by atoms with E-state index < -0.39 is 11.7 Å². The molecule has 3 rings (SSSR count). The average Bonchev–Trinajstić information content (AvgIpc) is 2.65. The van der Waals surface area contributed by atoms with Crippen LogP contribution in [0.15, 0.2) is 53.5 Å². The van der Waals surface area contributed by atoms with Crippen LogP contribution in [0, 0.1) is 5.82 Å². The highest BCUT2D eigenvalue weighted by Gasteiger charge is 2.16. The van der Waals surface area contributed by atoms with Crippen molar-refractivity contribution in [2.75, 3.05) is 0 Å². The number of ether oxygens (including phenoxy) is 1. The predicted octanol–water partition coefficient (Wildman–Crippen LogP) is 3.61. The molecule has 0 aliphatic heterocycles. The van der Waals surface area contributed by atoms with Gasteiger partial charge in [0.1, 0.15) is 17.3 Å². The van der Waals surface area contributed by atoms with Crippen molar-refractivity contribution >= 4 is 17.5 Å². The molecular weight excluding hydrogens is 373 g/mol. The zero-order valence-electron chi connectivity index (χ0n) is 14.3. The molecule has 0 aliphatic carbocycles. The van der Waals surface area contributed by atoms with Crippen molar-refractivity contribution in [1.82, 2.24) is 9.55 Å². The predicted molar refractivity (Wildman–Crippen MR) is 99.6 cm³/mol. The maximum Gasteiger partial charge on any atom is 0.251 e. The summed E-state index contributed by atoms with van der Waals surface area (Å²) in [6.45, 7) is 2.13. The first kappa shape index (κ1) is 18.6. The van der Waals surface area contributed by atoms with Crippen molar-refractivity contribution in [1.29, 1.82) is 0 Å². The molecule has 1 aromatic carbocycles. The quantitative estimate of drug-likeness (QED) is 0.724. The van der Waals surface area contributed by atoms with E-state index in [1.54, 1.807) is 19.1 Å². The number of primary amides is 1. The van der Waals surface area contributed by atoms with Crippen LogP contribution in [0.5, 0.6) is 11.5 Å². The van der Waals surface area contributed by atoms with E-state index in [0.29, 0.717) is 29.4 Å². The Balaban J connectivity index is 1.98. The monoisotopic (exact) mass is 387 g/mol. The fourth-order valence-corrected chi connectivity index (χ4v) is 2.80. The molecule has 0 spiro atoms. The van der Waals surface area contributed by atoms with E-state index in [4.69, 9.17) is 22.1 Å². The maximum atomic E-state index is 13.2. The number of nitrogens with two attached hydrogens (primary N) is 1. The summed E-state index contributed by atoms with van der Waals surface area (Å²) in [6.07, 6.45) is 1.43. The normalized spacial score (nSPS) is 10.6. The van der Waals surface area contributed by atoms with Crippen molar-refractivity contribution < 1.29 is 13.9 Å². The fourth-order valence-electron chi connectivity index (χ4n) is 2.63. The second kappa shape index (κ2) is 7.59. The van der Waals surface area contributed by atoms with Crippen molar-refractivity contribution in [3.05, 3.63) is 75.4 Å². The van der Waals surface area contributed by atoms with Crippen molar-refractivity contribution in [3.8, 4) is 22.9 Å². The molecule has 27 heavy (non-hydrogen) atoms. The number of carbonyl (C=O) groups excluding carboxylic acids is 1. The number of nitrogens with zero attached hydrogens (tertiary/aromatic N) is 2. The van der Waals surface area contributed by atoms with Gasteiger partial charge >= 0.3 is 0 Å². The fraction of sp³-hybridized carbons (Fsp3) is 0.105. The molecule has 6 nitrogen and oxygen atoms in total. The summed E-state index contributed by atoms with van der Waals surface area (Å²) < 4.78 is 20.2. The molecule has 8 heteroatoms. The van der Waals surface area contributed by atoms with E-state index in [1.165, 1.54) is 41.1 Å². The first-order valence-corrected chi connectivity index (χ1v) is 8.41. The summed E-state index contributed by atoms with van der Waals surface area (Å²) in [5, 5.41) is -0.0561. The van der Waals surface area contributed by atoms with Gasteiger partial charge in [-0.15, -0.1) is 0 Å². The van der Waals surface area contributed by atoms with Crippen LogP contribution in [-0.4, -0.2) is 15.5 Å². The lowest BCUT2D eigenvalue weighted by Gasteiger charge is -2.14. The number of pyridine rings is 2. The van der Waals surface area contributed by atoms with E-state index in [-0.39, 0.29) is 16.1 Å². The minimum atomic E-state index is -0.657. The van der Waals surface area contributed by atoms with Gasteiger partial charge in [0, 0.05) is 18.7 Å². The number of benzene rings is 1. The smallest absolute Gasteiger partial charge is 0.251 e. The Morgan fingerprint density at radius 2 is 1.96 bits per heavy atom.